The second-order valence-corrected chi connectivity index (χ2v) is 7.41. The van der Waals surface area contributed by atoms with E-state index in [0.29, 0.717) is 12.0 Å². The number of hydrogen-bond donors (Lipinski definition) is 1. The third kappa shape index (κ3) is 3.87. The number of nitrogens with two attached hydrogens (primary N) is 1. The van der Waals surface area contributed by atoms with Crippen LogP contribution in [0.3, 0.4) is 0 Å². The Bertz CT molecular complexity index is 486. The van der Waals surface area contributed by atoms with Crippen LogP contribution in [0.5, 0.6) is 0 Å². The van der Waals surface area contributed by atoms with Crippen molar-refractivity contribution in [1.29, 1.82) is 0 Å². The molecule has 2 fully saturated rings. The summed E-state index contributed by atoms with van der Waals surface area (Å²) in [6, 6.07) is 4.78. The number of rotatable bonds is 3. The largest absolute Gasteiger partial charge is 0.328 e. The Kier molecular flexibility index (Phi) is 5.12. The van der Waals surface area contributed by atoms with Gasteiger partial charge in [0.25, 0.3) is 0 Å². The highest BCUT2D eigenvalue weighted by atomic mass is 19.2. The monoisotopic (exact) mass is 307 g/mol. The van der Waals surface area contributed by atoms with Crippen LogP contribution in [0.25, 0.3) is 0 Å². The fraction of sp³-hybridized carbons (Fsp3) is 0.684. The van der Waals surface area contributed by atoms with Crippen molar-refractivity contribution < 1.29 is 8.78 Å². The highest BCUT2D eigenvalue weighted by Gasteiger charge is 2.30. The zero-order chi connectivity index (χ0) is 15.5. The molecule has 0 radical (unpaired) electrons. The third-order valence-electron chi connectivity index (χ3n) is 5.88. The fourth-order valence-electron chi connectivity index (χ4n) is 4.48. The second-order valence-electron chi connectivity index (χ2n) is 7.41. The van der Waals surface area contributed by atoms with Crippen molar-refractivity contribution in [2.75, 3.05) is 0 Å². The average Bonchev–Trinajstić information content (AvgIpc) is 2.53. The van der Waals surface area contributed by atoms with Gasteiger partial charge in [0.2, 0.25) is 0 Å². The van der Waals surface area contributed by atoms with Crippen molar-refractivity contribution in [3.8, 4) is 0 Å². The van der Waals surface area contributed by atoms with Gasteiger partial charge in [0.05, 0.1) is 0 Å². The van der Waals surface area contributed by atoms with Crippen LogP contribution in [0.2, 0.25) is 0 Å². The van der Waals surface area contributed by atoms with Crippen LogP contribution >= 0.6 is 0 Å². The normalized spacial score (nSPS) is 32.9. The second kappa shape index (κ2) is 7.08. The van der Waals surface area contributed by atoms with Gasteiger partial charge in [-0.25, -0.2) is 8.78 Å². The van der Waals surface area contributed by atoms with Gasteiger partial charge in [-0.05, 0) is 93.2 Å². The molecule has 122 valence electrons. The molecule has 1 aromatic carbocycles. The number of hydrogen-bond acceptors (Lipinski definition) is 1. The predicted octanol–water partition coefficient (Wildman–Crippen LogP) is 4.83. The minimum atomic E-state index is -0.747. The fourth-order valence-corrected chi connectivity index (χ4v) is 4.48. The summed E-state index contributed by atoms with van der Waals surface area (Å²) in [7, 11) is 0. The Balaban J connectivity index is 1.48. The molecule has 0 amide bonds. The summed E-state index contributed by atoms with van der Waals surface area (Å²) in [5, 5.41) is 0. The van der Waals surface area contributed by atoms with Gasteiger partial charge < -0.3 is 5.73 Å². The molecule has 2 aliphatic carbocycles. The van der Waals surface area contributed by atoms with E-state index in [4.69, 9.17) is 5.73 Å². The average molecular weight is 307 g/mol. The molecule has 3 rings (SSSR count). The molecule has 22 heavy (non-hydrogen) atoms. The molecule has 0 aromatic heterocycles. The summed E-state index contributed by atoms with van der Waals surface area (Å²) >= 11 is 0. The van der Waals surface area contributed by atoms with Crippen molar-refractivity contribution in [2.45, 2.75) is 63.8 Å². The maximum Gasteiger partial charge on any atom is 0.159 e. The van der Waals surface area contributed by atoms with Gasteiger partial charge in [-0.2, -0.15) is 0 Å². The first kappa shape index (κ1) is 15.9. The Morgan fingerprint density at radius 2 is 1.41 bits per heavy atom. The molecular formula is C19H27F2N. The Labute approximate surface area is 132 Å². The Morgan fingerprint density at radius 3 is 2.00 bits per heavy atom. The summed E-state index contributed by atoms with van der Waals surface area (Å²) in [6.45, 7) is 0. The Hall–Kier alpha value is -0.960. The topological polar surface area (TPSA) is 26.0 Å². The molecule has 0 unspecified atom stereocenters. The van der Waals surface area contributed by atoms with Crippen LogP contribution < -0.4 is 5.73 Å². The molecule has 0 spiro atoms. The lowest BCUT2D eigenvalue weighted by molar-refractivity contribution is 0.160. The van der Waals surface area contributed by atoms with Crippen LogP contribution in [0, 0.1) is 29.4 Å². The molecule has 2 N–H and O–H groups in total. The number of benzene rings is 1. The smallest absolute Gasteiger partial charge is 0.159 e. The van der Waals surface area contributed by atoms with Crippen LogP contribution in [0.15, 0.2) is 18.2 Å². The molecule has 3 heteroatoms. The van der Waals surface area contributed by atoms with Crippen LogP contribution in [-0.2, 0) is 6.42 Å². The first-order valence-electron chi connectivity index (χ1n) is 8.81. The van der Waals surface area contributed by atoms with Gasteiger partial charge in [0.15, 0.2) is 11.6 Å². The SMILES string of the molecule is NC1CCC(C2CCC(Cc3ccc(F)c(F)c3)CC2)CC1. The molecule has 2 saturated carbocycles. The molecule has 1 nitrogen and oxygen atoms in total. The molecule has 0 atom stereocenters. The lowest BCUT2D eigenvalue weighted by Gasteiger charge is -2.37. The molecule has 0 heterocycles. The van der Waals surface area contributed by atoms with Crippen molar-refractivity contribution in [1.82, 2.24) is 0 Å². The van der Waals surface area contributed by atoms with Crippen LogP contribution in [-0.4, -0.2) is 6.04 Å². The standard InChI is InChI=1S/C19H27F2N/c20-18-10-3-14(12-19(18)21)11-13-1-4-15(5-2-13)16-6-8-17(22)9-7-16/h3,10,12-13,15-17H,1-2,4-9,11,22H2. The van der Waals surface area contributed by atoms with Gasteiger partial charge in [-0.1, -0.05) is 6.07 Å². The van der Waals surface area contributed by atoms with E-state index in [9.17, 15) is 8.78 Å². The molecule has 1 aromatic rings. The summed E-state index contributed by atoms with van der Waals surface area (Å²) < 4.78 is 26.3. The molecule has 2 aliphatic rings. The molecule has 0 aliphatic heterocycles. The van der Waals surface area contributed by atoms with Crippen molar-refractivity contribution in [3.63, 3.8) is 0 Å². The highest BCUT2D eigenvalue weighted by Crippen LogP contribution is 2.40. The zero-order valence-corrected chi connectivity index (χ0v) is 13.2. The summed E-state index contributed by atoms with van der Waals surface area (Å²) in [4.78, 5) is 0. The lowest BCUT2D eigenvalue weighted by atomic mass is 9.69. The first-order chi connectivity index (χ1) is 10.6. The van der Waals surface area contributed by atoms with E-state index in [2.05, 4.69) is 0 Å². The van der Waals surface area contributed by atoms with Gasteiger partial charge in [0.1, 0.15) is 0 Å². The first-order valence-corrected chi connectivity index (χ1v) is 8.81. The van der Waals surface area contributed by atoms with Gasteiger partial charge in [-0.15, -0.1) is 0 Å². The molecular weight excluding hydrogens is 280 g/mol. The van der Waals surface area contributed by atoms with Gasteiger partial charge in [0, 0.05) is 6.04 Å². The molecule has 0 saturated heterocycles. The molecule has 0 bridgehead atoms. The van der Waals surface area contributed by atoms with E-state index >= 15 is 0 Å². The lowest BCUT2D eigenvalue weighted by Crippen LogP contribution is -2.31. The zero-order valence-electron chi connectivity index (χ0n) is 13.2. The maximum atomic E-state index is 13.3. The van der Waals surface area contributed by atoms with Crippen LogP contribution in [0.4, 0.5) is 8.78 Å². The van der Waals surface area contributed by atoms with E-state index < -0.39 is 11.6 Å². The Morgan fingerprint density at radius 1 is 0.818 bits per heavy atom. The van der Waals surface area contributed by atoms with E-state index in [1.54, 1.807) is 6.07 Å². The van der Waals surface area contributed by atoms with Crippen molar-refractivity contribution in [2.24, 2.45) is 23.5 Å². The van der Waals surface area contributed by atoms with E-state index in [1.165, 1.54) is 63.5 Å². The maximum absolute atomic E-state index is 13.3. The van der Waals surface area contributed by atoms with Crippen molar-refractivity contribution in [3.05, 3.63) is 35.4 Å². The third-order valence-corrected chi connectivity index (χ3v) is 5.88. The summed E-state index contributed by atoms with van der Waals surface area (Å²) in [5.74, 6) is 0.914. The van der Waals surface area contributed by atoms with E-state index in [0.717, 1.165) is 23.8 Å². The van der Waals surface area contributed by atoms with Crippen molar-refractivity contribution >= 4 is 0 Å². The number of halogens is 2. The summed E-state index contributed by atoms with van der Waals surface area (Å²) in [5.41, 5.74) is 6.94. The summed E-state index contributed by atoms with van der Waals surface area (Å²) in [6.07, 6.45) is 10.9. The van der Waals surface area contributed by atoms with Crippen LogP contribution in [0.1, 0.15) is 56.9 Å². The quantitative estimate of drug-likeness (QED) is 0.850. The highest BCUT2D eigenvalue weighted by molar-refractivity contribution is 5.18. The van der Waals surface area contributed by atoms with E-state index in [1.807, 2.05) is 0 Å². The van der Waals surface area contributed by atoms with Gasteiger partial charge >= 0.3 is 0 Å². The van der Waals surface area contributed by atoms with Gasteiger partial charge in [-0.3, -0.25) is 0 Å². The predicted molar refractivity (Wildman–Crippen MR) is 85.4 cm³/mol. The minimum Gasteiger partial charge on any atom is -0.328 e. The minimum absolute atomic E-state index is 0.431. The van der Waals surface area contributed by atoms with E-state index in [-0.39, 0.29) is 0 Å².